The van der Waals surface area contributed by atoms with Crippen molar-refractivity contribution in [2.45, 2.75) is 64.1 Å². The van der Waals surface area contributed by atoms with Crippen LogP contribution in [-0.4, -0.2) is 58.5 Å². The lowest BCUT2D eigenvalue weighted by Gasteiger charge is -2.39. The summed E-state index contributed by atoms with van der Waals surface area (Å²) < 4.78 is 0. The molecule has 2 unspecified atom stereocenters. The zero-order chi connectivity index (χ0) is 14.9. The second kappa shape index (κ2) is 6.12. The van der Waals surface area contributed by atoms with E-state index in [0.29, 0.717) is 24.5 Å². The van der Waals surface area contributed by atoms with Crippen molar-refractivity contribution in [3.8, 4) is 0 Å². The van der Waals surface area contributed by atoms with E-state index in [1.807, 2.05) is 20.9 Å². The number of nitrogens with zero attached hydrogens (tertiary/aromatic N) is 2. The van der Waals surface area contributed by atoms with Crippen molar-refractivity contribution in [3.05, 3.63) is 0 Å². The molecule has 5 nitrogen and oxygen atoms in total. The van der Waals surface area contributed by atoms with Gasteiger partial charge in [-0.2, -0.15) is 0 Å². The summed E-state index contributed by atoms with van der Waals surface area (Å²) in [6, 6.07) is 1.04. The Balaban J connectivity index is 1.92. The van der Waals surface area contributed by atoms with Gasteiger partial charge in [-0.25, -0.2) is 0 Å². The van der Waals surface area contributed by atoms with Crippen molar-refractivity contribution < 1.29 is 14.7 Å². The van der Waals surface area contributed by atoms with E-state index < -0.39 is 5.97 Å². The summed E-state index contributed by atoms with van der Waals surface area (Å²) in [6.45, 7) is 4.53. The highest BCUT2D eigenvalue weighted by Gasteiger charge is 2.42. The van der Waals surface area contributed by atoms with E-state index >= 15 is 0 Å². The molecule has 0 aromatic rings. The first-order valence-electron chi connectivity index (χ1n) is 7.61. The number of aliphatic carboxylic acids is 1. The van der Waals surface area contributed by atoms with Crippen LogP contribution in [0, 0.1) is 5.92 Å². The van der Waals surface area contributed by atoms with Crippen LogP contribution in [0.3, 0.4) is 0 Å². The largest absolute Gasteiger partial charge is 0.481 e. The maximum Gasteiger partial charge on any atom is 0.303 e. The van der Waals surface area contributed by atoms with Crippen molar-refractivity contribution in [2.24, 2.45) is 5.92 Å². The molecule has 0 radical (unpaired) electrons. The quantitative estimate of drug-likeness (QED) is 0.831. The number of carbonyl (C=O) groups excluding carboxylic acids is 1. The molecule has 5 heteroatoms. The minimum atomic E-state index is -0.696. The summed E-state index contributed by atoms with van der Waals surface area (Å²) in [6.07, 6.45) is 4.36. The van der Waals surface area contributed by atoms with Gasteiger partial charge in [-0.1, -0.05) is 0 Å². The number of carboxylic acids is 1. The van der Waals surface area contributed by atoms with Gasteiger partial charge in [0.05, 0.1) is 6.54 Å². The van der Waals surface area contributed by atoms with Gasteiger partial charge < -0.3 is 10.0 Å². The molecule has 2 saturated heterocycles. The van der Waals surface area contributed by atoms with Gasteiger partial charge >= 0.3 is 5.97 Å². The Hall–Kier alpha value is -1.10. The van der Waals surface area contributed by atoms with Gasteiger partial charge in [-0.3, -0.25) is 14.5 Å². The summed E-state index contributed by atoms with van der Waals surface area (Å²) in [5, 5.41) is 8.93. The molecule has 0 aromatic heterocycles. The first kappa shape index (κ1) is 15.3. The van der Waals surface area contributed by atoms with Gasteiger partial charge in [0, 0.05) is 31.6 Å². The molecule has 114 valence electrons. The molecule has 2 heterocycles. The molecule has 2 aliphatic heterocycles. The summed E-state index contributed by atoms with van der Waals surface area (Å²) in [7, 11) is 1.85. The molecule has 0 aliphatic carbocycles. The van der Waals surface area contributed by atoms with E-state index in [1.54, 1.807) is 4.90 Å². The number of hydrogen-bond donors (Lipinski definition) is 1. The molecule has 2 atom stereocenters. The third-order valence-corrected chi connectivity index (χ3v) is 4.93. The highest BCUT2D eigenvalue weighted by molar-refractivity contribution is 5.78. The molecule has 2 fully saturated rings. The standard InChI is InChI=1S/C15H26N2O3/c1-10(2)16(3)14(18)9-17-12-4-5-13(17)7-11(6-12)8-15(19)20/h10-13H,4-9H2,1-3H3,(H,19,20). The zero-order valence-electron chi connectivity index (χ0n) is 12.7. The molecule has 2 bridgehead atoms. The summed E-state index contributed by atoms with van der Waals surface area (Å²) in [5.41, 5.74) is 0. The minimum Gasteiger partial charge on any atom is -0.481 e. The second-order valence-electron chi connectivity index (χ2n) is 6.59. The van der Waals surface area contributed by atoms with E-state index in [1.165, 1.54) is 0 Å². The molecule has 0 aromatic carbocycles. The van der Waals surface area contributed by atoms with Crippen LogP contribution in [0.25, 0.3) is 0 Å². The Bertz CT molecular complexity index is 369. The van der Waals surface area contributed by atoms with Crippen molar-refractivity contribution in [3.63, 3.8) is 0 Å². The monoisotopic (exact) mass is 282 g/mol. The number of rotatable bonds is 5. The summed E-state index contributed by atoms with van der Waals surface area (Å²) in [4.78, 5) is 27.2. The van der Waals surface area contributed by atoms with Gasteiger partial charge in [-0.15, -0.1) is 0 Å². The van der Waals surface area contributed by atoms with E-state index in [4.69, 9.17) is 5.11 Å². The molecule has 20 heavy (non-hydrogen) atoms. The van der Waals surface area contributed by atoms with Gasteiger partial charge in [0.15, 0.2) is 0 Å². The molecule has 2 rings (SSSR count). The number of amides is 1. The van der Waals surface area contributed by atoms with Crippen molar-refractivity contribution in [2.75, 3.05) is 13.6 Å². The first-order chi connectivity index (χ1) is 9.38. The van der Waals surface area contributed by atoms with Crippen LogP contribution in [-0.2, 0) is 9.59 Å². The molecule has 1 N–H and O–H groups in total. The van der Waals surface area contributed by atoms with Crippen LogP contribution < -0.4 is 0 Å². The number of hydrogen-bond acceptors (Lipinski definition) is 3. The molecule has 0 spiro atoms. The summed E-state index contributed by atoms with van der Waals surface area (Å²) >= 11 is 0. The number of piperidine rings is 1. The number of fused-ring (bicyclic) bond motifs is 2. The summed E-state index contributed by atoms with van der Waals surface area (Å²) in [5.74, 6) is -0.230. The Kier molecular flexibility index (Phi) is 4.68. The smallest absolute Gasteiger partial charge is 0.303 e. The molecular formula is C15H26N2O3. The van der Waals surface area contributed by atoms with Crippen LogP contribution in [0.4, 0.5) is 0 Å². The van der Waals surface area contributed by atoms with E-state index in [0.717, 1.165) is 25.7 Å². The highest BCUT2D eigenvalue weighted by atomic mass is 16.4. The van der Waals surface area contributed by atoms with Crippen molar-refractivity contribution in [1.29, 1.82) is 0 Å². The average Bonchev–Trinajstić information content (AvgIpc) is 2.60. The maximum absolute atomic E-state index is 12.2. The number of carbonyl (C=O) groups is 2. The Morgan fingerprint density at radius 2 is 1.80 bits per heavy atom. The SMILES string of the molecule is CC(C)N(C)C(=O)CN1C2CCC1CC(CC(=O)O)C2. The van der Waals surface area contributed by atoms with Gasteiger partial charge in [-0.05, 0) is 45.4 Å². The van der Waals surface area contributed by atoms with E-state index in [2.05, 4.69) is 4.90 Å². The third-order valence-electron chi connectivity index (χ3n) is 4.93. The van der Waals surface area contributed by atoms with Crippen LogP contribution in [0.5, 0.6) is 0 Å². The second-order valence-corrected chi connectivity index (χ2v) is 6.59. The Morgan fingerprint density at radius 1 is 1.25 bits per heavy atom. The lowest BCUT2D eigenvalue weighted by atomic mass is 9.88. The number of carboxylic acid groups (broad SMARTS) is 1. The molecular weight excluding hydrogens is 256 g/mol. The third kappa shape index (κ3) is 3.32. The number of likely N-dealkylation sites (N-methyl/N-ethyl adjacent to an activating group) is 1. The van der Waals surface area contributed by atoms with Crippen molar-refractivity contribution in [1.82, 2.24) is 9.80 Å². The average molecular weight is 282 g/mol. The predicted octanol–water partition coefficient (Wildman–Crippen LogP) is 1.57. The van der Waals surface area contributed by atoms with Crippen molar-refractivity contribution >= 4 is 11.9 Å². The van der Waals surface area contributed by atoms with Gasteiger partial charge in [0.2, 0.25) is 5.91 Å². The Labute approximate surface area is 120 Å². The minimum absolute atomic E-state index is 0.175. The maximum atomic E-state index is 12.2. The van der Waals surface area contributed by atoms with Gasteiger partial charge in [0.1, 0.15) is 0 Å². The van der Waals surface area contributed by atoms with Crippen LogP contribution in [0.2, 0.25) is 0 Å². The molecule has 0 saturated carbocycles. The van der Waals surface area contributed by atoms with E-state index in [9.17, 15) is 9.59 Å². The molecule has 2 aliphatic rings. The van der Waals surface area contributed by atoms with Crippen LogP contribution >= 0.6 is 0 Å². The van der Waals surface area contributed by atoms with Crippen LogP contribution in [0.1, 0.15) is 46.0 Å². The fourth-order valence-corrected chi connectivity index (χ4v) is 3.61. The fraction of sp³-hybridized carbons (Fsp3) is 0.867. The van der Waals surface area contributed by atoms with Crippen LogP contribution in [0.15, 0.2) is 0 Å². The predicted molar refractivity (Wildman–Crippen MR) is 76.4 cm³/mol. The lowest BCUT2D eigenvalue weighted by Crippen LogP contribution is -2.49. The highest BCUT2D eigenvalue weighted by Crippen LogP contribution is 2.39. The molecule has 1 amide bonds. The fourth-order valence-electron chi connectivity index (χ4n) is 3.61. The lowest BCUT2D eigenvalue weighted by molar-refractivity contribution is -0.139. The first-order valence-corrected chi connectivity index (χ1v) is 7.61. The van der Waals surface area contributed by atoms with Gasteiger partial charge in [0.25, 0.3) is 0 Å². The van der Waals surface area contributed by atoms with E-state index in [-0.39, 0.29) is 18.4 Å². The Morgan fingerprint density at radius 3 is 2.25 bits per heavy atom. The zero-order valence-corrected chi connectivity index (χ0v) is 12.7. The topological polar surface area (TPSA) is 60.9 Å². The normalized spacial score (nSPS) is 29.7.